The Morgan fingerprint density at radius 1 is 0.935 bits per heavy atom. The molecule has 2 unspecified atom stereocenters. The van der Waals surface area contributed by atoms with Gasteiger partial charge in [0.2, 0.25) is 5.91 Å². The molecule has 0 bridgehead atoms. The Labute approximate surface area is 280 Å². The quantitative estimate of drug-likeness (QED) is 0.135. The Bertz CT molecular complexity index is 1710. The lowest BCUT2D eigenvalue weighted by molar-refractivity contribution is -0.142. The van der Waals surface area contributed by atoms with Gasteiger partial charge in [-0.05, 0) is 73.5 Å². The van der Waals surface area contributed by atoms with Gasteiger partial charge in [0.25, 0.3) is 0 Å². The van der Waals surface area contributed by atoms with E-state index in [0.29, 0.717) is 5.71 Å². The fraction of sp³-hybridized carbons (Fsp3) is 0.308. The highest BCUT2D eigenvalue weighted by Gasteiger charge is 2.36. The van der Waals surface area contributed by atoms with Crippen molar-refractivity contribution >= 4 is 39.2 Å². The molecule has 0 aromatic heterocycles. The number of anilines is 1. The van der Waals surface area contributed by atoms with E-state index in [1.165, 1.54) is 18.2 Å². The number of likely N-dealkylation sites (N-methyl/N-ethyl adjacent to an activating group) is 1. The van der Waals surface area contributed by atoms with Crippen LogP contribution in [0.25, 0.3) is 0 Å². The predicted molar refractivity (Wildman–Crippen MR) is 187 cm³/mol. The Balaban J connectivity index is 1.40. The summed E-state index contributed by atoms with van der Waals surface area (Å²) in [5.74, 6) is -0.441. The highest BCUT2D eigenvalue weighted by molar-refractivity contribution is 9.10. The lowest BCUT2D eigenvalue weighted by Gasteiger charge is -2.31. The van der Waals surface area contributed by atoms with Crippen LogP contribution < -0.4 is 4.90 Å². The molecule has 1 fully saturated rings. The molecule has 3 atom stereocenters. The van der Waals surface area contributed by atoms with Crippen LogP contribution in [0.1, 0.15) is 59.4 Å². The van der Waals surface area contributed by atoms with E-state index in [1.54, 1.807) is 4.90 Å². The number of amides is 1. The van der Waals surface area contributed by atoms with Crippen LogP contribution in [0.4, 0.5) is 5.69 Å². The lowest BCUT2D eigenvalue weighted by atomic mass is 9.78. The topological polar surface area (TPSA) is 62.2 Å². The molecule has 4 aromatic carbocycles. The summed E-state index contributed by atoms with van der Waals surface area (Å²) in [4.78, 5) is 37.2. The van der Waals surface area contributed by atoms with Crippen LogP contribution in [0.5, 0.6) is 0 Å². The maximum absolute atomic E-state index is 14.2. The SMILES string of the molecule is COC(=O)C(/N=C(\c1ccccc1)c1ccccc1N(C)C(=O)C1CCCN1Cc1ccccc1)[C@@H]1CCCc2ccc(Br)cc21. The second kappa shape index (κ2) is 14.6. The number of carbonyl (C=O) groups excluding carboxylic acids is 2. The summed E-state index contributed by atoms with van der Waals surface area (Å²) in [6, 6.07) is 33.5. The van der Waals surface area contributed by atoms with Crippen LogP contribution >= 0.6 is 15.9 Å². The van der Waals surface area contributed by atoms with E-state index >= 15 is 0 Å². The summed E-state index contributed by atoms with van der Waals surface area (Å²) < 4.78 is 6.38. The van der Waals surface area contributed by atoms with Crippen LogP contribution in [0.3, 0.4) is 0 Å². The van der Waals surface area contributed by atoms with Gasteiger partial charge in [-0.3, -0.25) is 14.7 Å². The molecule has 236 valence electrons. The van der Waals surface area contributed by atoms with E-state index in [-0.39, 0.29) is 23.8 Å². The predicted octanol–water partition coefficient (Wildman–Crippen LogP) is 7.58. The van der Waals surface area contributed by atoms with Crippen LogP contribution in [-0.2, 0) is 27.3 Å². The number of benzene rings is 4. The molecule has 7 heteroatoms. The fourth-order valence-corrected chi connectivity index (χ4v) is 7.40. The third-order valence-corrected chi connectivity index (χ3v) is 9.83. The Kier molecular flexibility index (Phi) is 10.1. The summed E-state index contributed by atoms with van der Waals surface area (Å²) in [6.07, 6.45) is 4.57. The van der Waals surface area contributed by atoms with Gasteiger partial charge in [-0.2, -0.15) is 0 Å². The molecule has 0 radical (unpaired) electrons. The van der Waals surface area contributed by atoms with Crippen molar-refractivity contribution in [2.24, 2.45) is 4.99 Å². The number of aryl methyl sites for hydroxylation is 1. The van der Waals surface area contributed by atoms with Crippen molar-refractivity contribution < 1.29 is 14.3 Å². The number of fused-ring (bicyclic) bond motifs is 1. The van der Waals surface area contributed by atoms with E-state index in [4.69, 9.17) is 9.73 Å². The Hall–Kier alpha value is -4.07. The maximum Gasteiger partial charge on any atom is 0.331 e. The molecule has 6 rings (SSSR count). The molecule has 1 aliphatic carbocycles. The monoisotopic (exact) mass is 677 g/mol. The minimum atomic E-state index is -0.751. The molecule has 1 aliphatic heterocycles. The molecule has 46 heavy (non-hydrogen) atoms. The molecule has 0 saturated carbocycles. The molecule has 2 aliphatic rings. The number of hydrogen-bond acceptors (Lipinski definition) is 5. The molecule has 0 spiro atoms. The zero-order chi connectivity index (χ0) is 32.0. The van der Waals surface area contributed by atoms with E-state index in [1.807, 2.05) is 79.8 Å². The lowest BCUT2D eigenvalue weighted by Crippen LogP contribution is -2.44. The average molecular weight is 679 g/mol. The van der Waals surface area contributed by atoms with E-state index < -0.39 is 6.04 Å². The maximum atomic E-state index is 14.2. The fourth-order valence-electron chi connectivity index (χ4n) is 7.02. The number of carbonyl (C=O) groups is 2. The zero-order valence-electron chi connectivity index (χ0n) is 26.4. The van der Waals surface area contributed by atoms with E-state index in [0.717, 1.165) is 72.0 Å². The van der Waals surface area contributed by atoms with Gasteiger partial charge < -0.3 is 9.64 Å². The summed E-state index contributed by atoms with van der Waals surface area (Å²) >= 11 is 3.64. The van der Waals surface area contributed by atoms with Crippen LogP contribution in [0, 0.1) is 0 Å². The number of para-hydroxylation sites is 1. The van der Waals surface area contributed by atoms with Crippen molar-refractivity contribution in [3.05, 3.63) is 135 Å². The number of likely N-dealkylation sites (tertiary alicyclic amines) is 1. The standard InChI is InChI=1S/C39H40BrN3O3/c1-42(38(44)35-21-12-24-43(35)26-27-13-5-3-6-14-27)34-20-10-9-18-32(34)36(29-15-7-4-8-16-29)41-37(39(45)46-2)31-19-11-17-28-22-23-30(40)25-33(28)31/h3-10,13-16,18,20,22-23,25,31,35,37H,11-12,17,19,21,24,26H2,1-2H3/b41-36+/t31-,35?,37?/m1/s1. The number of methoxy groups -OCH3 is 1. The number of halogens is 1. The first-order valence-electron chi connectivity index (χ1n) is 16.1. The van der Waals surface area contributed by atoms with Gasteiger partial charge in [-0.25, -0.2) is 4.79 Å². The largest absolute Gasteiger partial charge is 0.467 e. The van der Waals surface area contributed by atoms with Gasteiger partial charge in [0, 0.05) is 35.1 Å². The van der Waals surface area contributed by atoms with Crippen molar-refractivity contribution in [2.45, 2.75) is 56.7 Å². The molecule has 1 saturated heterocycles. The number of nitrogens with zero attached hydrogens (tertiary/aromatic N) is 3. The van der Waals surface area contributed by atoms with Crippen LogP contribution in [0.15, 0.2) is 113 Å². The third kappa shape index (κ3) is 6.86. The number of hydrogen-bond donors (Lipinski definition) is 0. The Morgan fingerprint density at radius 2 is 1.65 bits per heavy atom. The summed E-state index contributed by atoms with van der Waals surface area (Å²) in [5, 5.41) is 0. The summed E-state index contributed by atoms with van der Waals surface area (Å²) in [5.41, 5.74) is 6.68. The molecule has 1 heterocycles. The normalized spacial score (nSPS) is 18.9. The third-order valence-electron chi connectivity index (χ3n) is 9.34. The molecule has 6 nitrogen and oxygen atoms in total. The van der Waals surface area contributed by atoms with E-state index in [2.05, 4.69) is 51.2 Å². The van der Waals surface area contributed by atoms with Gasteiger partial charge in [0.1, 0.15) is 0 Å². The molecule has 4 aromatic rings. The average Bonchev–Trinajstić information content (AvgIpc) is 3.56. The van der Waals surface area contributed by atoms with Crippen LogP contribution in [0.2, 0.25) is 0 Å². The summed E-state index contributed by atoms with van der Waals surface area (Å²) in [7, 11) is 3.29. The summed E-state index contributed by atoms with van der Waals surface area (Å²) in [6.45, 7) is 1.63. The first-order chi connectivity index (χ1) is 22.4. The first-order valence-corrected chi connectivity index (χ1v) is 16.9. The van der Waals surface area contributed by atoms with Crippen LogP contribution in [-0.4, -0.2) is 55.3 Å². The molecule has 1 amide bonds. The number of esters is 1. The molecular formula is C39H40BrN3O3. The number of rotatable bonds is 9. The molecule has 0 N–H and O–H groups in total. The molecular weight excluding hydrogens is 638 g/mol. The van der Waals surface area contributed by atoms with Gasteiger partial charge in [0.15, 0.2) is 6.04 Å². The second-order valence-electron chi connectivity index (χ2n) is 12.2. The van der Waals surface area contributed by atoms with Crippen molar-refractivity contribution in [2.75, 3.05) is 25.6 Å². The van der Waals surface area contributed by atoms with Crippen molar-refractivity contribution in [1.29, 1.82) is 0 Å². The smallest absolute Gasteiger partial charge is 0.331 e. The zero-order valence-corrected chi connectivity index (χ0v) is 28.0. The van der Waals surface area contributed by atoms with Crippen molar-refractivity contribution in [1.82, 2.24) is 4.90 Å². The highest BCUT2D eigenvalue weighted by Crippen LogP contribution is 2.38. The Morgan fingerprint density at radius 3 is 2.41 bits per heavy atom. The van der Waals surface area contributed by atoms with Gasteiger partial charge >= 0.3 is 5.97 Å². The number of aliphatic imine (C=N–C) groups is 1. The minimum Gasteiger partial charge on any atom is -0.467 e. The van der Waals surface area contributed by atoms with Crippen molar-refractivity contribution in [3.63, 3.8) is 0 Å². The van der Waals surface area contributed by atoms with Gasteiger partial charge in [0.05, 0.1) is 24.6 Å². The highest BCUT2D eigenvalue weighted by atomic mass is 79.9. The minimum absolute atomic E-state index is 0.0591. The van der Waals surface area contributed by atoms with Crippen molar-refractivity contribution in [3.8, 4) is 0 Å². The number of ether oxygens (including phenoxy) is 1. The van der Waals surface area contributed by atoms with Gasteiger partial charge in [-0.15, -0.1) is 0 Å². The van der Waals surface area contributed by atoms with E-state index in [9.17, 15) is 9.59 Å². The first kappa shape index (κ1) is 31.9. The second-order valence-corrected chi connectivity index (χ2v) is 13.1. The van der Waals surface area contributed by atoms with Gasteiger partial charge in [-0.1, -0.05) is 101 Å².